The molecule has 0 aliphatic heterocycles. The fourth-order valence-electron chi connectivity index (χ4n) is 2.61. The number of benzene rings is 2. The molecule has 0 fully saturated rings. The number of hydrogen-bond acceptors (Lipinski definition) is 4. The summed E-state index contributed by atoms with van der Waals surface area (Å²) < 4.78 is 0. The number of amides is 2. The SMILES string of the molecule is O=CCC(C(=O)O)N(C(=O)Cc1ccccc1)C(=O)Cc1ccccc1. The third kappa shape index (κ3) is 5.11. The first kappa shape index (κ1) is 19.1. The molecule has 0 aliphatic carbocycles. The van der Waals surface area contributed by atoms with Gasteiger partial charge in [0.25, 0.3) is 0 Å². The number of aldehydes is 1. The van der Waals surface area contributed by atoms with Crippen LogP contribution in [-0.2, 0) is 32.0 Å². The summed E-state index contributed by atoms with van der Waals surface area (Å²) in [7, 11) is 0. The maximum absolute atomic E-state index is 12.7. The number of aliphatic carboxylic acids is 1. The van der Waals surface area contributed by atoms with Gasteiger partial charge in [-0.3, -0.25) is 14.5 Å². The first-order valence-electron chi connectivity index (χ1n) is 8.12. The Morgan fingerprint density at radius 1 is 0.846 bits per heavy atom. The second-order valence-electron chi connectivity index (χ2n) is 5.74. The molecule has 1 N–H and O–H groups in total. The first-order valence-corrected chi connectivity index (χ1v) is 8.12. The molecule has 0 bridgehead atoms. The summed E-state index contributed by atoms with van der Waals surface area (Å²) in [5.74, 6) is -2.68. The van der Waals surface area contributed by atoms with Gasteiger partial charge < -0.3 is 9.90 Å². The molecule has 2 amide bonds. The van der Waals surface area contributed by atoms with E-state index in [0.29, 0.717) is 22.3 Å². The van der Waals surface area contributed by atoms with Crippen molar-refractivity contribution in [2.24, 2.45) is 0 Å². The third-order valence-electron chi connectivity index (χ3n) is 3.85. The molecule has 1 atom stereocenters. The van der Waals surface area contributed by atoms with Crippen LogP contribution in [-0.4, -0.2) is 40.1 Å². The van der Waals surface area contributed by atoms with Gasteiger partial charge in [-0.15, -0.1) is 0 Å². The van der Waals surface area contributed by atoms with Crippen molar-refractivity contribution in [1.29, 1.82) is 0 Å². The summed E-state index contributed by atoms with van der Waals surface area (Å²) in [6, 6.07) is 15.9. The molecule has 6 nitrogen and oxygen atoms in total. The number of carboxylic acids is 1. The van der Waals surface area contributed by atoms with Crippen molar-refractivity contribution in [3.8, 4) is 0 Å². The molecule has 2 rings (SSSR count). The van der Waals surface area contributed by atoms with Gasteiger partial charge in [0.05, 0.1) is 12.8 Å². The molecular formula is C20H19NO5. The Morgan fingerprint density at radius 2 is 1.27 bits per heavy atom. The Morgan fingerprint density at radius 3 is 1.62 bits per heavy atom. The number of rotatable bonds is 8. The van der Waals surface area contributed by atoms with Crippen LogP contribution in [0.4, 0.5) is 0 Å². The zero-order chi connectivity index (χ0) is 18.9. The van der Waals surface area contributed by atoms with E-state index >= 15 is 0 Å². The monoisotopic (exact) mass is 353 g/mol. The second-order valence-corrected chi connectivity index (χ2v) is 5.74. The van der Waals surface area contributed by atoms with Crippen molar-refractivity contribution < 1.29 is 24.3 Å². The standard InChI is InChI=1S/C20H19NO5/c22-12-11-17(20(25)26)21(18(23)13-15-7-3-1-4-8-15)19(24)14-16-9-5-2-6-10-16/h1-10,12,17H,11,13-14H2,(H,25,26). The van der Waals surface area contributed by atoms with Crippen molar-refractivity contribution in [3.05, 3.63) is 71.8 Å². The summed E-state index contributed by atoms with van der Waals surface area (Å²) in [5, 5.41) is 9.40. The van der Waals surface area contributed by atoms with Gasteiger partial charge in [-0.2, -0.15) is 0 Å². The van der Waals surface area contributed by atoms with Gasteiger partial charge >= 0.3 is 5.97 Å². The molecule has 0 radical (unpaired) electrons. The van der Waals surface area contributed by atoms with Crippen LogP contribution in [0.25, 0.3) is 0 Å². The van der Waals surface area contributed by atoms with E-state index in [2.05, 4.69) is 0 Å². The predicted molar refractivity (Wildman–Crippen MR) is 94.2 cm³/mol. The predicted octanol–water partition coefficient (Wildman–Crippen LogP) is 1.87. The minimum atomic E-state index is -1.51. The number of hydrogen-bond donors (Lipinski definition) is 1. The molecule has 0 saturated carbocycles. The average molecular weight is 353 g/mol. The molecule has 2 aromatic carbocycles. The zero-order valence-corrected chi connectivity index (χ0v) is 14.1. The average Bonchev–Trinajstić information content (AvgIpc) is 2.63. The van der Waals surface area contributed by atoms with Crippen LogP contribution in [0.1, 0.15) is 17.5 Å². The lowest BCUT2D eigenvalue weighted by molar-refractivity contribution is -0.158. The van der Waals surface area contributed by atoms with Crippen LogP contribution >= 0.6 is 0 Å². The molecule has 0 aliphatic rings. The molecule has 0 heterocycles. The van der Waals surface area contributed by atoms with Gasteiger partial charge in [-0.25, -0.2) is 4.79 Å². The van der Waals surface area contributed by atoms with E-state index in [1.54, 1.807) is 60.7 Å². The molecule has 0 aromatic heterocycles. The second kappa shape index (κ2) is 9.27. The molecule has 2 aromatic rings. The van der Waals surface area contributed by atoms with Crippen LogP contribution < -0.4 is 0 Å². The van der Waals surface area contributed by atoms with E-state index in [0.717, 1.165) is 0 Å². The van der Waals surface area contributed by atoms with Gasteiger partial charge in [-0.05, 0) is 11.1 Å². The van der Waals surface area contributed by atoms with E-state index < -0.39 is 30.2 Å². The topological polar surface area (TPSA) is 91.8 Å². The van der Waals surface area contributed by atoms with Gasteiger partial charge in [0.1, 0.15) is 12.3 Å². The highest BCUT2D eigenvalue weighted by Crippen LogP contribution is 2.13. The summed E-state index contributed by atoms with van der Waals surface area (Å²) in [4.78, 5) is 48.5. The minimum Gasteiger partial charge on any atom is -0.480 e. The molecule has 1 unspecified atom stereocenters. The first-order chi connectivity index (χ1) is 12.5. The van der Waals surface area contributed by atoms with E-state index in [-0.39, 0.29) is 12.8 Å². The molecular weight excluding hydrogens is 334 g/mol. The van der Waals surface area contributed by atoms with Gasteiger partial charge in [0.15, 0.2) is 0 Å². The number of imide groups is 1. The molecule has 0 saturated heterocycles. The highest BCUT2D eigenvalue weighted by Gasteiger charge is 2.34. The fraction of sp³-hybridized carbons (Fsp3) is 0.200. The Balaban J connectivity index is 2.27. The van der Waals surface area contributed by atoms with Crippen LogP contribution in [0.15, 0.2) is 60.7 Å². The van der Waals surface area contributed by atoms with E-state index in [1.807, 2.05) is 0 Å². The highest BCUT2D eigenvalue weighted by atomic mass is 16.4. The number of carboxylic acid groups (broad SMARTS) is 1. The molecule has 6 heteroatoms. The van der Waals surface area contributed by atoms with Crippen LogP contribution in [0.2, 0.25) is 0 Å². The maximum Gasteiger partial charge on any atom is 0.327 e. The number of carbonyl (C=O) groups is 4. The quantitative estimate of drug-likeness (QED) is 0.732. The number of carbonyl (C=O) groups excluding carboxylic acids is 3. The Bertz CT molecular complexity index is 720. The van der Waals surface area contributed by atoms with Crippen molar-refractivity contribution in [2.45, 2.75) is 25.3 Å². The van der Waals surface area contributed by atoms with Crippen molar-refractivity contribution in [2.75, 3.05) is 0 Å². The lowest BCUT2D eigenvalue weighted by Gasteiger charge is -2.26. The van der Waals surface area contributed by atoms with Crippen LogP contribution in [0.5, 0.6) is 0 Å². The lowest BCUT2D eigenvalue weighted by atomic mass is 10.1. The van der Waals surface area contributed by atoms with Gasteiger partial charge in [0.2, 0.25) is 11.8 Å². The third-order valence-corrected chi connectivity index (χ3v) is 3.85. The summed E-state index contributed by atoms with van der Waals surface area (Å²) >= 11 is 0. The lowest BCUT2D eigenvalue weighted by Crippen LogP contribution is -2.50. The smallest absolute Gasteiger partial charge is 0.327 e. The van der Waals surface area contributed by atoms with Crippen LogP contribution in [0, 0.1) is 0 Å². The van der Waals surface area contributed by atoms with E-state index in [9.17, 15) is 24.3 Å². The van der Waals surface area contributed by atoms with Crippen molar-refractivity contribution >= 4 is 24.1 Å². The summed E-state index contributed by atoms with van der Waals surface area (Å²) in [6.07, 6.45) is -0.290. The van der Waals surface area contributed by atoms with E-state index in [4.69, 9.17) is 0 Å². The summed E-state index contributed by atoms with van der Waals surface area (Å²) in [6.45, 7) is 0. The number of nitrogens with zero attached hydrogens (tertiary/aromatic N) is 1. The Labute approximate surface area is 151 Å². The van der Waals surface area contributed by atoms with Gasteiger partial charge in [-0.1, -0.05) is 60.7 Å². The van der Waals surface area contributed by atoms with Crippen LogP contribution in [0.3, 0.4) is 0 Å². The maximum atomic E-state index is 12.7. The zero-order valence-electron chi connectivity index (χ0n) is 14.1. The highest BCUT2D eigenvalue weighted by molar-refractivity contribution is 6.01. The van der Waals surface area contributed by atoms with Crippen molar-refractivity contribution in [1.82, 2.24) is 4.90 Å². The van der Waals surface area contributed by atoms with Crippen molar-refractivity contribution in [3.63, 3.8) is 0 Å². The normalized spacial score (nSPS) is 11.4. The molecule has 0 spiro atoms. The van der Waals surface area contributed by atoms with Gasteiger partial charge in [0, 0.05) is 6.42 Å². The minimum absolute atomic E-state index is 0.121. The summed E-state index contributed by atoms with van der Waals surface area (Å²) in [5.41, 5.74) is 1.32. The molecule has 26 heavy (non-hydrogen) atoms. The fourth-order valence-corrected chi connectivity index (χ4v) is 2.61. The van der Waals surface area contributed by atoms with E-state index in [1.165, 1.54) is 0 Å². The Hall–Kier alpha value is -3.28. The molecule has 134 valence electrons. The largest absolute Gasteiger partial charge is 0.480 e. The Kier molecular flexibility index (Phi) is 6.79.